The largest absolute Gasteiger partial charge is 0.303 e. The Labute approximate surface area is 94.0 Å². The first-order valence-corrected chi connectivity index (χ1v) is 5.96. The van der Waals surface area contributed by atoms with Crippen LogP contribution < -0.4 is 0 Å². The molecular formula is C14H22O. The molecule has 0 spiro atoms. The second-order valence-electron chi connectivity index (χ2n) is 3.56. The van der Waals surface area contributed by atoms with Crippen LogP contribution in [0.1, 0.15) is 58.3 Å². The topological polar surface area (TPSA) is 17.1 Å². The van der Waals surface area contributed by atoms with Gasteiger partial charge in [-0.05, 0) is 19.3 Å². The third kappa shape index (κ3) is 13.0. The Bertz CT molecular complexity index is 217. The fourth-order valence-corrected chi connectivity index (χ4v) is 1.20. The number of carbonyl (C=O) groups is 1. The normalized spacial score (nSPS) is 9.93. The smallest absolute Gasteiger partial charge is 0.120 e. The molecule has 0 aromatic heterocycles. The van der Waals surface area contributed by atoms with Gasteiger partial charge in [-0.1, -0.05) is 31.9 Å². The van der Waals surface area contributed by atoms with E-state index in [2.05, 4.69) is 30.9 Å². The average Bonchev–Trinajstić information content (AvgIpc) is 2.26. The van der Waals surface area contributed by atoms with Gasteiger partial charge in [0.2, 0.25) is 0 Å². The number of rotatable bonds is 8. The van der Waals surface area contributed by atoms with Gasteiger partial charge >= 0.3 is 0 Å². The number of unbranched alkanes of at least 4 members (excludes halogenated alkanes) is 5. The molecule has 0 aromatic carbocycles. The molecule has 0 saturated carbocycles. The van der Waals surface area contributed by atoms with Crippen LogP contribution in [-0.2, 0) is 4.79 Å². The summed E-state index contributed by atoms with van der Waals surface area (Å²) in [6.45, 7) is 2.21. The van der Waals surface area contributed by atoms with E-state index in [1.807, 2.05) is 0 Å². The Hall–Kier alpha value is -1.03. The van der Waals surface area contributed by atoms with Crippen LogP contribution in [0, 0.1) is 11.8 Å². The molecule has 0 aliphatic rings. The van der Waals surface area contributed by atoms with Crippen LogP contribution in [0.25, 0.3) is 0 Å². The van der Waals surface area contributed by atoms with Gasteiger partial charge in [0.05, 0.1) is 0 Å². The van der Waals surface area contributed by atoms with Crippen molar-refractivity contribution in [2.75, 3.05) is 0 Å². The zero-order valence-corrected chi connectivity index (χ0v) is 9.80. The van der Waals surface area contributed by atoms with Gasteiger partial charge in [-0.2, -0.15) is 0 Å². The lowest BCUT2D eigenvalue weighted by Gasteiger charge is -1.88. The first kappa shape index (κ1) is 14.0. The minimum absolute atomic E-state index is 0.638. The third-order valence-electron chi connectivity index (χ3n) is 2.08. The molecule has 0 aromatic rings. The van der Waals surface area contributed by atoms with E-state index in [-0.39, 0.29) is 0 Å². The molecule has 0 amide bonds. The third-order valence-corrected chi connectivity index (χ3v) is 2.08. The molecule has 0 saturated heterocycles. The lowest BCUT2D eigenvalue weighted by atomic mass is 10.2. The first-order chi connectivity index (χ1) is 7.41. The molecule has 0 atom stereocenters. The van der Waals surface area contributed by atoms with E-state index in [9.17, 15) is 4.79 Å². The summed E-state index contributed by atoms with van der Waals surface area (Å²) < 4.78 is 0. The molecule has 0 aliphatic heterocycles. The van der Waals surface area contributed by atoms with Crippen LogP contribution in [0.4, 0.5) is 0 Å². The van der Waals surface area contributed by atoms with Crippen molar-refractivity contribution in [2.24, 2.45) is 0 Å². The van der Waals surface area contributed by atoms with Gasteiger partial charge in [0, 0.05) is 19.3 Å². The Morgan fingerprint density at radius 2 is 1.67 bits per heavy atom. The molecule has 0 aliphatic carbocycles. The number of hydrogen-bond donors (Lipinski definition) is 0. The lowest BCUT2D eigenvalue weighted by Crippen LogP contribution is -1.73. The summed E-state index contributed by atoms with van der Waals surface area (Å²) in [5.41, 5.74) is 0. The first-order valence-electron chi connectivity index (χ1n) is 5.96. The predicted molar refractivity (Wildman–Crippen MR) is 65.6 cm³/mol. The van der Waals surface area contributed by atoms with Gasteiger partial charge in [0.25, 0.3) is 0 Å². The van der Waals surface area contributed by atoms with E-state index < -0.39 is 0 Å². The summed E-state index contributed by atoms with van der Waals surface area (Å²) in [5.74, 6) is 6.35. The minimum Gasteiger partial charge on any atom is -0.303 e. The van der Waals surface area contributed by atoms with Crippen LogP contribution in [0.3, 0.4) is 0 Å². The van der Waals surface area contributed by atoms with Crippen molar-refractivity contribution in [2.45, 2.75) is 58.3 Å². The van der Waals surface area contributed by atoms with Gasteiger partial charge in [0.15, 0.2) is 0 Å². The van der Waals surface area contributed by atoms with Crippen molar-refractivity contribution >= 4 is 6.29 Å². The molecule has 0 N–H and O–H groups in total. The van der Waals surface area contributed by atoms with Gasteiger partial charge < -0.3 is 4.79 Å². The number of carbonyl (C=O) groups excluding carboxylic acids is 1. The molecule has 0 fully saturated rings. The highest BCUT2D eigenvalue weighted by atomic mass is 16.1. The average molecular weight is 206 g/mol. The molecule has 0 radical (unpaired) electrons. The Kier molecular flexibility index (Phi) is 12.1. The highest BCUT2D eigenvalue weighted by molar-refractivity contribution is 5.49. The van der Waals surface area contributed by atoms with E-state index >= 15 is 0 Å². The van der Waals surface area contributed by atoms with Gasteiger partial charge in [0.1, 0.15) is 6.29 Å². The summed E-state index contributed by atoms with van der Waals surface area (Å²) in [6, 6.07) is 0. The molecule has 0 unspecified atom stereocenters. The standard InChI is InChI=1S/C14H22O/c1-2-3-4-5-6-7-8-9-10-11-12-13-14-15/h10-11,14H,2-5,8-9,12-13H2,1H3. The van der Waals surface area contributed by atoms with Crippen LogP contribution in [0.2, 0.25) is 0 Å². The Balaban J connectivity index is 3.21. The van der Waals surface area contributed by atoms with E-state index in [0.29, 0.717) is 6.42 Å². The molecule has 0 rings (SSSR count). The molecular weight excluding hydrogens is 184 g/mol. The molecule has 0 heterocycles. The maximum atomic E-state index is 10.0. The predicted octanol–water partition coefficient (Wildman–Crippen LogP) is 3.89. The number of hydrogen-bond acceptors (Lipinski definition) is 1. The number of allylic oxidation sites excluding steroid dienone is 2. The number of aldehydes is 1. The van der Waals surface area contributed by atoms with E-state index in [1.165, 1.54) is 19.3 Å². The Morgan fingerprint density at radius 1 is 0.933 bits per heavy atom. The highest BCUT2D eigenvalue weighted by Crippen LogP contribution is 1.97. The van der Waals surface area contributed by atoms with Gasteiger partial charge in [-0.15, -0.1) is 11.8 Å². The quantitative estimate of drug-likeness (QED) is 0.255. The van der Waals surface area contributed by atoms with E-state index in [0.717, 1.165) is 32.0 Å². The monoisotopic (exact) mass is 206 g/mol. The molecule has 15 heavy (non-hydrogen) atoms. The van der Waals surface area contributed by atoms with Crippen molar-refractivity contribution in [3.8, 4) is 11.8 Å². The molecule has 84 valence electrons. The van der Waals surface area contributed by atoms with Crippen LogP contribution in [0.15, 0.2) is 12.2 Å². The van der Waals surface area contributed by atoms with Gasteiger partial charge in [-0.3, -0.25) is 0 Å². The van der Waals surface area contributed by atoms with E-state index in [4.69, 9.17) is 0 Å². The van der Waals surface area contributed by atoms with Crippen molar-refractivity contribution in [1.82, 2.24) is 0 Å². The molecule has 1 heteroatoms. The lowest BCUT2D eigenvalue weighted by molar-refractivity contribution is -0.107. The summed E-state index contributed by atoms with van der Waals surface area (Å²) in [7, 11) is 0. The minimum atomic E-state index is 0.638. The SMILES string of the molecule is CCCCCC#CCCC=CCCC=O. The maximum Gasteiger partial charge on any atom is 0.120 e. The summed E-state index contributed by atoms with van der Waals surface area (Å²) in [4.78, 5) is 10.0. The Morgan fingerprint density at radius 3 is 2.40 bits per heavy atom. The van der Waals surface area contributed by atoms with Crippen molar-refractivity contribution in [3.63, 3.8) is 0 Å². The maximum absolute atomic E-state index is 10.0. The fourth-order valence-electron chi connectivity index (χ4n) is 1.20. The highest BCUT2D eigenvalue weighted by Gasteiger charge is 1.81. The second kappa shape index (κ2) is 13.0. The summed E-state index contributed by atoms with van der Waals surface area (Å²) >= 11 is 0. The summed E-state index contributed by atoms with van der Waals surface area (Å²) in [5, 5.41) is 0. The summed E-state index contributed by atoms with van der Waals surface area (Å²) in [6.07, 6.45) is 13.4. The van der Waals surface area contributed by atoms with Gasteiger partial charge in [-0.25, -0.2) is 0 Å². The molecule has 1 nitrogen and oxygen atoms in total. The zero-order chi connectivity index (χ0) is 11.2. The molecule has 0 bridgehead atoms. The van der Waals surface area contributed by atoms with Crippen LogP contribution in [0.5, 0.6) is 0 Å². The van der Waals surface area contributed by atoms with Crippen molar-refractivity contribution in [3.05, 3.63) is 12.2 Å². The second-order valence-corrected chi connectivity index (χ2v) is 3.56. The fraction of sp³-hybridized carbons (Fsp3) is 0.643. The zero-order valence-electron chi connectivity index (χ0n) is 9.80. The van der Waals surface area contributed by atoms with Crippen LogP contribution in [-0.4, -0.2) is 6.29 Å². The van der Waals surface area contributed by atoms with E-state index in [1.54, 1.807) is 0 Å². The van der Waals surface area contributed by atoms with Crippen molar-refractivity contribution < 1.29 is 4.79 Å². The van der Waals surface area contributed by atoms with Crippen LogP contribution >= 0.6 is 0 Å². The van der Waals surface area contributed by atoms with Crippen molar-refractivity contribution in [1.29, 1.82) is 0 Å².